The lowest BCUT2D eigenvalue weighted by atomic mass is 9.83. The molecule has 0 unspecified atom stereocenters. The van der Waals surface area contributed by atoms with Gasteiger partial charge in [0.1, 0.15) is 42.7 Å². The number of phosphoric acid groups is 2. The molecule has 0 bridgehead atoms. The van der Waals surface area contributed by atoms with Gasteiger partial charge in [-0.1, -0.05) is 37.1 Å². The van der Waals surface area contributed by atoms with Gasteiger partial charge in [0.15, 0.2) is 28.7 Å². The number of amides is 2. The summed E-state index contributed by atoms with van der Waals surface area (Å²) < 4.78 is 49.2. The number of phosphoric ester groups is 2. The second kappa shape index (κ2) is 23.7. The maximum Gasteiger partial charge on any atom is 0.470 e. The Bertz CT molecular complexity index is 3610. The van der Waals surface area contributed by atoms with E-state index >= 15 is 0 Å². The van der Waals surface area contributed by atoms with E-state index in [1.165, 1.54) is 15.7 Å². The van der Waals surface area contributed by atoms with E-state index in [-0.39, 0.29) is 52.2 Å². The Morgan fingerprint density at radius 2 is 1.60 bits per heavy atom. The number of aliphatic hydroxyl groups excluding tert-OH is 1. The lowest BCUT2D eigenvalue weighted by Gasteiger charge is -2.43. The predicted octanol–water partition coefficient (Wildman–Crippen LogP) is 5.98. The van der Waals surface area contributed by atoms with Crippen LogP contribution in [0.3, 0.4) is 0 Å². The number of imidazole rings is 1. The highest BCUT2D eigenvalue weighted by Gasteiger charge is 2.50. The number of rotatable bonds is 22. The summed E-state index contributed by atoms with van der Waals surface area (Å²) in [4.78, 5) is 82.2. The average Bonchev–Trinajstić information content (AvgIpc) is 1.42. The SMILES string of the molecule is CCN1c2cc3c(cc2C(C)=CC1(C)C)C(c1ccccc1C(=O)N(C)CCCC(=O)NCCCCCCNc1nc2c(N)ncnc2n1[C@@H]1O[C@H](COP(=O)(O)O)[C@@H](OP(=O)(O)O)[C@H]1O)=c1cc2c(cc1O3)=[N+](CC)C(C)(C)C=C2C. The molecule has 9 N–H and O–H groups in total. The first-order valence-corrected chi connectivity index (χ1v) is 30.8. The third-order valence-electron chi connectivity index (χ3n) is 15.7. The number of carbonyl (C=O) groups excluding carboxylic acids is 2. The lowest BCUT2D eigenvalue weighted by molar-refractivity contribution is -0.121. The number of nitrogen functional groups attached to an aromatic ring is 1. The summed E-state index contributed by atoms with van der Waals surface area (Å²) in [5, 5.41) is 19.4. The third kappa shape index (κ3) is 12.5. The first kappa shape index (κ1) is 60.2. The van der Waals surface area contributed by atoms with Crippen molar-refractivity contribution < 1.29 is 61.9 Å². The number of aromatic nitrogens is 4. The Hall–Kier alpha value is -6.36. The van der Waals surface area contributed by atoms with Crippen molar-refractivity contribution in [1.82, 2.24) is 34.3 Å². The van der Waals surface area contributed by atoms with Crippen LogP contribution in [0.15, 0.2) is 67.0 Å². The number of unbranched alkanes of at least 4 members (excludes halogenated alkanes) is 3. The third-order valence-corrected chi connectivity index (χ3v) is 16.7. The van der Waals surface area contributed by atoms with Crippen molar-refractivity contribution in [3.63, 3.8) is 0 Å². The van der Waals surface area contributed by atoms with Gasteiger partial charge in [-0.15, -0.1) is 0 Å². The zero-order valence-electron chi connectivity index (χ0n) is 47.7. The molecule has 0 aliphatic carbocycles. The van der Waals surface area contributed by atoms with Gasteiger partial charge in [0.05, 0.1) is 18.2 Å². The smallest absolute Gasteiger partial charge is 0.456 e. The van der Waals surface area contributed by atoms with Crippen molar-refractivity contribution in [2.75, 3.05) is 62.3 Å². The minimum atomic E-state index is -5.24. The quantitative estimate of drug-likeness (QED) is 0.0220. The summed E-state index contributed by atoms with van der Waals surface area (Å²) in [5.74, 6) is 1.28. The number of anilines is 3. The number of nitrogens with zero attached hydrogens (tertiary/aromatic N) is 7. The summed E-state index contributed by atoms with van der Waals surface area (Å²) in [5.41, 5.74) is 14.8. The molecule has 0 radical (unpaired) electrons. The van der Waals surface area contributed by atoms with Crippen molar-refractivity contribution in [2.45, 2.75) is 130 Å². The summed E-state index contributed by atoms with van der Waals surface area (Å²) >= 11 is 0. The van der Waals surface area contributed by atoms with Crippen LogP contribution >= 0.6 is 15.6 Å². The monoisotopic (exact) mass is 1170 g/mol. The minimum absolute atomic E-state index is 0.00550. The van der Waals surface area contributed by atoms with Crippen LogP contribution < -0.4 is 41.2 Å². The molecule has 2 amide bonds. The Labute approximate surface area is 476 Å². The number of carbonyl (C=O) groups is 2. The normalized spacial score (nSPS) is 19.9. The number of hydrogen-bond donors (Lipinski definition) is 8. The number of aliphatic hydroxyl groups is 1. The zero-order valence-corrected chi connectivity index (χ0v) is 49.5. The molecule has 0 spiro atoms. The summed E-state index contributed by atoms with van der Waals surface area (Å²) in [6.07, 6.45) is 2.69. The van der Waals surface area contributed by atoms with Crippen LogP contribution in [-0.4, -0.2) is 137 Å². The molecule has 440 valence electrons. The zero-order chi connectivity index (χ0) is 59.2. The lowest BCUT2D eigenvalue weighted by Crippen LogP contribution is -2.49. The van der Waals surface area contributed by atoms with Crippen LogP contribution in [0, 0.1) is 0 Å². The number of likely N-dealkylation sites (N-methyl/N-ethyl adjacent to an activating group) is 2. The molecule has 0 saturated carbocycles. The van der Waals surface area contributed by atoms with Gasteiger partial charge < -0.3 is 60.3 Å². The molecule has 6 heterocycles. The number of nitrogens with one attached hydrogen (secondary N) is 2. The maximum absolute atomic E-state index is 14.7. The molecule has 4 atom stereocenters. The van der Waals surface area contributed by atoms with Crippen LogP contribution in [-0.2, 0) is 27.7 Å². The molecule has 4 aliphatic rings. The molecule has 1 saturated heterocycles. The molecular formula is C57H75N10O13P2+. The molecule has 2 aromatic heterocycles. The molecule has 3 aromatic carbocycles. The summed E-state index contributed by atoms with van der Waals surface area (Å²) in [6, 6.07) is 16.6. The van der Waals surface area contributed by atoms with Gasteiger partial charge in [-0.25, -0.2) is 28.7 Å². The number of benzene rings is 3. The topological polar surface area (TPSA) is 310 Å². The molecule has 1 fully saturated rings. The summed E-state index contributed by atoms with van der Waals surface area (Å²) in [6.45, 7) is 19.5. The predicted molar refractivity (Wildman–Crippen MR) is 311 cm³/mol. The minimum Gasteiger partial charge on any atom is -0.456 e. The number of ether oxygens (including phenoxy) is 2. The highest BCUT2D eigenvalue weighted by Crippen LogP contribution is 2.49. The number of allylic oxidation sites excluding steroid dienone is 2. The second-order valence-corrected chi connectivity index (χ2v) is 24.8. The van der Waals surface area contributed by atoms with Crippen LogP contribution in [0.5, 0.6) is 11.5 Å². The Morgan fingerprint density at radius 1 is 0.878 bits per heavy atom. The number of nitrogens with two attached hydrogens (primary N) is 1. The maximum atomic E-state index is 14.7. The largest absolute Gasteiger partial charge is 0.470 e. The van der Waals surface area contributed by atoms with E-state index in [4.69, 9.17) is 19.7 Å². The van der Waals surface area contributed by atoms with E-state index < -0.39 is 46.8 Å². The van der Waals surface area contributed by atoms with Crippen LogP contribution in [0.1, 0.15) is 133 Å². The highest BCUT2D eigenvalue weighted by molar-refractivity contribution is 7.46. The van der Waals surface area contributed by atoms with Gasteiger partial charge in [-0.2, -0.15) is 0 Å². The van der Waals surface area contributed by atoms with Gasteiger partial charge >= 0.3 is 15.6 Å². The van der Waals surface area contributed by atoms with Crippen molar-refractivity contribution in [3.8, 4) is 11.5 Å². The van der Waals surface area contributed by atoms with Gasteiger partial charge in [0, 0.05) is 98.3 Å². The van der Waals surface area contributed by atoms with E-state index in [2.05, 4.69) is 131 Å². The molecule has 5 aromatic rings. The fraction of sp³-hybridized carbons (Fsp3) is 0.474. The standard InChI is InChI=1S/C57H74N10O13P2/c1-10-65-41-27-43-39(25-37(41)33(3)29-56(65,5)6)47(40-26-38-34(4)30-57(7,8)66(11-2)42(38)28-44(40)78-43)35-19-14-15-20-36(35)53(70)64(9)24-18-21-46(68)59-22-16-12-13-17-23-60-55-63-48-51(58)61-32-62-52(48)67(55)54-49(69)50(80-82(74,75)76)45(79-54)31-77-81(71,72)73/h14-15,19-20,25-30,32,45,49-50,54,58,69H,10-13,16-18,21-24,31H2,1-9H3,(H6,59,68,70,71,72,73,74,75,76)/p+1/t45-,49-,50-,54-/m1/s1. The molecule has 4 aliphatic heterocycles. The average molecular weight is 1170 g/mol. The number of hydrogen-bond acceptors (Lipinski definition) is 15. The molecular weight excluding hydrogens is 1090 g/mol. The fourth-order valence-corrected chi connectivity index (χ4v) is 13.0. The van der Waals surface area contributed by atoms with E-state index in [0.717, 1.165) is 87.8 Å². The van der Waals surface area contributed by atoms with Crippen LogP contribution in [0.25, 0.3) is 27.9 Å². The Balaban J connectivity index is 0.828. The van der Waals surface area contributed by atoms with Gasteiger partial charge in [-0.3, -0.25) is 23.2 Å². The van der Waals surface area contributed by atoms with Gasteiger partial charge in [0.25, 0.3) is 5.91 Å². The van der Waals surface area contributed by atoms with Crippen LogP contribution in [0.4, 0.5) is 17.5 Å². The highest BCUT2D eigenvalue weighted by atomic mass is 31.2. The Morgan fingerprint density at radius 3 is 2.30 bits per heavy atom. The van der Waals surface area contributed by atoms with Gasteiger partial charge in [-0.05, 0) is 102 Å². The van der Waals surface area contributed by atoms with Crippen molar-refractivity contribution in [1.29, 1.82) is 0 Å². The van der Waals surface area contributed by atoms with Crippen molar-refractivity contribution in [3.05, 3.63) is 105 Å². The fourth-order valence-electron chi connectivity index (χ4n) is 12.1. The van der Waals surface area contributed by atoms with E-state index in [0.29, 0.717) is 44.5 Å². The first-order chi connectivity index (χ1) is 38.7. The summed E-state index contributed by atoms with van der Waals surface area (Å²) in [7, 11) is -8.52. The van der Waals surface area contributed by atoms with E-state index in [9.17, 15) is 43.4 Å². The van der Waals surface area contributed by atoms with Crippen LogP contribution in [0.2, 0.25) is 0 Å². The van der Waals surface area contributed by atoms with E-state index in [1.807, 2.05) is 24.3 Å². The van der Waals surface area contributed by atoms with Crippen molar-refractivity contribution >= 4 is 72.8 Å². The van der Waals surface area contributed by atoms with E-state index in [1.54, 1.807) is 11.9 Å². The molecule has 9 rings (SSSR count). The number of fused-ring (bicyclic) bond motifs is 5. The Kier molecular flexibility index (Phi) is 17.4. The molecule has 23 nitrogen and oxygen atoms in total. The first-order valence-electron chi connectivity index (χ1n) is 27.7. The van der Waals surface area contributed by atoms with Crippen molar-refractivity contribution in [2.24, 2.45) is 0 Å². The van der Waals surface area contributed by atoms with Gasteiger partial charge in [0.2, 0.25) is 17.2 Å². The molecule has 82 heavy (non-hydrogen) atoms. The molecule has 25 heteroatoms. The second-order valence-electron chi connectivity index (χ2n) is 22.4.